The second-order valence-electron chi connectivity index (χ2n) is 8.19. The number of aliphatic hydroxyl groups is 1. The molecule has 1 saturated heterocycles. The number of benzene rings is 1. The first-order chi connectivity index (χ1) is 15.9. The number of ether oxygens (including phenoxy) is 1. The standard InChI is InChI=1S/C26H25N3O4/c1-16(2)33-21-10-9-19(13-17(21)3)24(30)22-23(20-8-4-5-12-28-20)29(26(32)25(22)31)15-18-7-6-11-27-14-18/h4-14,16,23,30H,15H2,1-3H3/b24-22-. The van der Waals surface area contributed by atoms with Gasteiger partial charge < -0.3 is 14.7 Å². The number of carbonyl (C=O) groups is 2. The Kier molecular flexibility index (Phi) is 6.22. The van der Waals surface area contributed by atoms with Gasteiger partial charge in [-0.3, -0.25) is 19.6 Å². The number of ketones is 1. The van der Waals surface area contributed by atoms with Crippen molar-refractivity contribution in [2.75, 3.05) is 0 Å². The highest BCUT2D eigenvalue weighted by Crippen LogP contribution is 2.39. The molecule has 33 heavy (non-hydrogen) atoms. The minimum atomic E-state index is -0.821. The van der Waals surface area contributed by atoms with Gasteiger partial charge in [0.25, 0.3) is 11.7 Å². The third kappa shape index (κ3) is 4.48. The molecule has 1 atom stereocenters. The van der Waals surface area contributed by atoms with E-state index in [1.54, 1.807) is 61.1 Å². The summed E-state index contributed by atoms with van der Waals surface area (Å²) in [5.41, 5.74) is 2.53. The predicted molar refractivity (Wildman–Crippen MR) is 123 cm³/mol. The SMILES string of the molecule is Cc1cc(/C(O)=C2/C(=O)C(=O)N(Cc3cccnc3)C2c2ccccn2)ccc1OC(C)C. The molecule has 7 nitrogen and oxygen atoms in total. The third-order valence-corrected chi connectivity index (χ3v) is 5.39. The van der Waals surface area contributed by atoms with Gasteiger partial charge in [-0.1, -0.05) is 12.1 Å². The monoisotopic (exact) mass is 443 g/mol. The van der Waals surface area contributed by atoms with E-state index in [-0.39, 0.29) is 24.0 Å². The molecule has 1 unspecified atom stereocenters. The number of Topliss-reactive ketones (excluding diaryl/α,β-unsaturated/α-hetero) is 1. The summed E-state index contributed by atoms with van der Waals surface area (Å²) >= 11 is 0. The number of amides is 1. The number of pyridine rings is 2. The number of aliphatic hydroxyl groups excluding tert-OH is 1. The lowest BCUT2D eigenvalue weighted by Crippen LogP contribution is -2.29. The fourth-order valence-corrected chi connectivity index (χ4v) is 3.92. The van der Waals surface area contributed by atoms with Crippen molar-refractivity contribution in [3.8, 4) is 5.75 Å². The van der Waals surface area contributed by atoms with E-state index < -0.39 is 17.7 Å². The van der Waals surface area contributed by atoms with Crippen LogP contribution in [0.1, 0.15) is 42.3 Å². The Hall–Kier alpha value is -4.00. The average Bonchev–Trinajstić information content (AvgIpc) is 3.06. The Morgan fingerprint density at radius 3 is 2.58 bits per heavy atom. The maximum Gasteiger partial charge on any atom is 0.296 e. The highest BCUT2D eigenvalue weighted by molar-refractivity contribution is 6.46. The van der Waals surface area contributed by atoms with Crippen LogP contribution >= 0.6 is 0 Å². The molecular weight excluding hydrogens is 418 g/mol. The summed E-state index contributed by atoms with van der Waals surface area (Å²) < 4.78 is 5.77. The minimum absolute atomic E-state index is 0.00472. The van der Waals surface area contributed by atoms with Crippen LogP contribution in [-0.4, -0.2) is 37.8 Å². The van der Waals surface area contributed by atoms with Crippen LogP contribution in [0, 0.1) is 6.92 Å². The van der Waals surface area contributed by atoms with Gasteiger partial charge >= 0.3 is 0 Å². The van der Waals surface area contributed by atoms with Gasteiger partial charge in [0.2, 0.25) is 0 Å². The molecular formula is C26H25N3O4. The van der Waals surface area contributed by atoms with Crippen LogP contribution in [0.4, 0.5) is 0 Å². The molecule has 1 amide bonds. The first kappa shape index (κ1) is 22.2. The molecule has 3 aromatic rings. The number of hydrogen-bond acceptors (Lipinski definition) is 6. The van der Waals surface area contributed by atoms with Crippen LogP contribution in [0.5, 0.6) is 5.75 Å². The lowest BCUT2D eigenvalue weighted by Gasteiger charge is -2.24. The van der Waals surface area contributed by atoms with E-state index in [1.807, 2.05) is 26.8 Å². The Bertz CT molecular complexity index is 1210. The number of aryl methyl sites for hydroxylation is 1. The Morgan fingerprint density at radius 1 is 1.12 bits per heavy atom. The molecule has 4 rings (SSSR count). The van der Waals surface area contributed by atoms with Crippen LogP contribution in [0.25, 0.3) is 5.76 Å². The largest absolute Gasteiger partial charge is 0.507 e. The van der Waals surface area contributed by atoms with Gasteiger partial charge in [-0.15, -0.1) is 0 Å². The van der Waals surface area contributed by atoms with E-state index in [4.69, 9.17) is 4.74 Å². The summed E-state index contributed by atoms with van der Waals surface area (Å²) in [6.45, 7) is 5.90. The summed E-state index contributed by atoms with van der Waals surface area (Å²) in [5.74, 6) is -0.975. The zero-order chi connectivity index (χ0) is 23.5. The van der Waals surface area contributed by atoms with Crippen LogP contribution in [0.2, 0.25) is 0 Å². The molecule has 1 aliphatic rings. The van der Waals surface area contributed by atoms with Gasteiger partial charge in [0.15, 0.2) is 0 Å². The van der Waals surface area contributed by atoms with Crippen molar-refractivity contribution in [2.24, 2.45) is 0 Å². The second kappa shape index (κ2) is 9.24. The van der Waals surface area contributed by atoms with E-state index in [0.29, 0.717) is 17.0 Å². The summed E-state index contributed by atoms with van der Waals surface area (Å²) in [7, 11) is 0. The zero-order valence-corrected chi connectivity index (χ0v) is 18.7. The molecule has 0 saturated carbocycles. The molecule has 0 bridgehead atoms. The van der Waals surface area contributed by atoms with Gasteiger partial charge in [-0.25, -0.2) is 0 Å². The number of likely N-dealkylation sites (tertiary alicyclic amines) is 1. The van der Waals surface area contributed by atoms with Gasteiger partial charge in [0, 0.05) is 30.7 Å². The van der Waals surface area contributed by atoms with Crippen molar-refractivity contribution >= 4 is 17.4 Å². The average molecular weight is 444 g/mol. The normalized spacial score (nSPS) is 17.6. The Balaban J connectivity index is 1.81. The molecule has 168 valence electrons. The van der Waals surface area contributed by atoms with Crippen molar-refractivity contribution < 1.29 is 19.4 Å². The number of hydrogen-bond donors (Lipinski definition) is 1. The van der Waals surface area contributed by atoms with E-state index in [2.05, 4.69) is 9.97 Å². The molecule has 1 aliphatic heterocycles. The van der Waals surface area contributed by atoms with Crippen LogP contribution in [-0.2, 0) is 16.1 Å². The molecule has 0 spiro atoms. The summed E-state index contributed by atoms with van der Waals surface area (Å²) in [6, 6.07) is 13.3. The molecule has 0 radical (unpaired) electrons. The van der Waals surface area contributed by atoms with Gasteiger partial charge in [-0.05, 0) is 68.3 Å². The molecule has 7 heteroatoms. The topological polar surface area (TPSA) is 92.6 Å². The fourth-order valence-electron chi connectivity index (χ4n) is 3.92. The van der Waals surface area contributed by atoms with Crippen molar-refractivity contribution in [1.82, 2.24) is 14.9 Å². The zero-order valence-electron chi connectivity index (χ0n) is 18.7. The van der Waals surface area contributed by atoms with E-state index in [1.165, 1.54) is 4.90 Å². The maximum atomic E-state index is 13.1. The smallest absolute Gasteiger partial charge is 0.296 e. The lowest BCUT2D eigenvalue weighted by molar-refractivity contribution is -0.140. The molecule has 2 aromatic heterocycles. The molecule has 3 heterocycles. The molecule has 1 aromatic carbocycles. The number of aromatic nitrogens is 2. The fraction of sp³-hybridized carbons (Fsp3) is 0.231. The van der Waals surface area contributed by atoms with Gasteiger partial charge in [0.1, 0.15) is 17.6 Å². The lowest BCUT2D eigenvalue weighted by atomic mass is 9.97. The van der Waals surface area contributed by atoms with Crippen LogP contribution in [0.3, 0.4) is 0 Å². The van der Waals surface area contributed by atoms with Crippen LogP contribution in [0.15, 0.2) is 72.7 Å². The first-order valence-corrected chi connectivity index (χ1v) is 10.7. The van der Waals surface area contributed by atoms with Crippen molar-refractivity contribution in [3.63, 3.8) is 0 Å². The Morgan fingerprint density at radius 2 is 1.94 bits per heavy atom. The maximum absolute atomic E-state index is 13.1. The van der Waals surface area contributed by atoms with E-state index >= 15 is 0 Å². The summed E-state index contributed by atoms with van der Waals surface area (Å²) in [5, 5.41) is 11.2. The number of carbonyl (C=O) groups excluding carboxylic acids is 2. The summed E-state index contributed by atoms with van der Waals surface area (Å²) in [4.78, 5) is 36.1. The molecule has 1 fully saturated rings. The quantitative estimate of drug-likeness (QED) is 0.349. The third-order valence-electron chi connectivity index (χ3n) is 5.39. The van der Waals surface area contributed by atoms with Crippen molar-refractivity contribution in [3.05, 3.63) is 95.1 Å². The van der Waals surface area contributed by atoms with Gasteiger partial charge in [-0.2, -0.15) is 0 Å². The van der Waals surface area contributed by atoms with E-state index in [9.17, 15) is 14.7 Å². The minimum Gasteiger partial charge on any atom is -0.507 e. The predicted octanol–water partition coefficient (Wildman–Crippen LogP) is 4.19. The highest BCUT2D eigenvalue weighted by atomic mass is 16.5. The van der Waals surface area contributed by atoms with Gasteiger partial charge in [0.05, 0.1) is 17.4 Å². The Labute approximate surface area is 192 Å². The van der Waals surface area contributed by atoms with Crippen molar-refractivity contribution in [1.29, 1.82) is 0 Å². The second-order valence-corrected chi connectivity index (χ2v) is 8.19. The molecule has 0 aliphatic carbocycles. The van der Waals surface area contributed by atoms with Crippen LogP contribution < -0.4 is 4.74 Å². The molecule has 1 N–H and O–H groups in total. The highest BCUT2D eigenvalue weighted by Gasteiger charge is 2.46. The first-order valence-electron chi connectivity index (χ1n) is 10.7. The summed E-state index contributed by atoms with van der Waals surface area (Å²) in [6.07, 6.45) is 4.89. The number of nitrogens with zero attached hydrogens (tertiary/aromatic N) is 3. The van der Waals surface area contributed by atoms with E-state index in [0.717, 1.165) is 11.1 Å². The number of rotatable bonds is 6. The van der Waals surface area contributed by atoms with Crippen molar-refractivity contribution in [2.45, 2.75) is 39.5 Å².